The number of carbonyl (C=O) groups excluding carboxylic acids is 1. The molecule has 0 radical (unpaired) electrons. The predicted octanol–water partition coefficient (Wildman–Crippen LogP) is 5.19. The number of nitrogens with one attached hydrogen (secondary N) is 1. The minimum absolute atomic E-state index is 0.194. The Balaban J connectivity index is 1.20. The quantitative estimate of drug-likeness (QED) is 0.285. The maximum atomic E-state index is 13.0. The molecule has 166 valence electrons. The molecule has 3 aromatic carbocycles. The zero-order valence-electron chi connectivity index (χ0n) is 17.6. The van der Waals surface area contributed by atoms with Crippen LogP contribution in [0.2, 0.25) is 0 Å². The van der Waals surface area contributed by atoms with Gasteiger partial charge in [0, 0.05) is 5.56 Å². The van der Waals surface area contributed by atoms with Crippen molar-refractivity contribution in [3.8, 4) is 22.8 Å². The highest BCUT2D eigenvalue weighted by Gasteiger charge is 2.05. The SMILES string of the molecule is O=C(COc1ccc(OCc2ccccc2)cc1)N/N=C\c1ccc(-c2ccc(F)cc2)o1. The maximum Gasteiger partial charge on any atom is 0.277 e. The molecule has 1 N–H and O–H groups in total. The van der Waals surface area contributed by atoms with E-state index in [0.717, 1.165) is 11.1 Å². The summed E-state index contributed by atoms with van der Waals surface area (Å²) in [6.07, 6.45) is 1.38. The van der Waals surface area contributed by atoms with Crippen LogP contribution in [0.4, 0.5) is 4.39 Å². The summed E-state index contributed by atoms with van der Waals surface area (Å²) in [4.78, 5) is 12.0. The predicted molar refractivity (Wildman–Crippen MR) is 123 cm³/mol. The first kappa shape index (κ1) is 21.8. The summed E-state index contributed by atoms with van der Waals surface area (Å²) < 4.78 is 29.8. The second-order valence-electron chi connectivity index (χ2n) is 7.04. The minimum atomic E-state index is -0.416. The van der Waals surface area contributed by atoms with Gasteiger partial charge < -0.3 is 13.9 Å². The molecule has 0 aliphatic rings. The normalized spacial score (nSPS) is 10.8. The Kier molecular flexibility index (Phi) is 7.12. The third kappa shape index (κ3) is 6.54. The number of halogens is 1. The number of furan rings is 1. The van der Waals surface area contributed by atoms with Crippen LogP contribution in [-0.2, 0) is 11.4 Å². The van der Waals surface area contributed by atoms with Gasteiger partial charge in [0.2, 0.25) is 0 Å². The molecule has 4 aromatic rings. The summed E-state index contributed by atoms with van der Waals surface area (Å²) in [5, 5.41) is 3.86. The van der Waals surface area contributed by atoms with E-state index in [9.17, 15) is 9.18 Å². The molecule has 7 heteroatoms. The molecular weight excluding hydrogens is 423 g/mol. The number of amides is 1. The van der Waals surface area contributed by atoms with Gasteiger partial charge in [0.25, 0.3) is 5.91 Å². The van der Waals surface area contributed by atoms with Gasteiger partial charge in [-0.3, -0.25) is 4.79 Å². The molecule has 0 fully saturated rings. The van der Waals surface area contributed by atoms with Crippen LogP contribution in [-0.4, -0.2) is 18.7 Å². The molecule has 0 aliphatic heterocycles. The Morgan fingerprint density at radius 3 is 2.30 bits per heavy atom. The van der Waals surface area contributed by atoms with Crippen molar-refractivity contribution in [1.29, 1.82) is 0 Å². The minimum Gasteiger partial charge on any atom is -0.489 e. The third-order valence-electron chi connectivity index (χ3n) is 4.58. The first-order chi connectivity index (χ1) is 16.2. The van der Waals surface area contributed by atoms with Gasteiger partial charge in [-0.15, -0.1) is 0 Å². The highest BCUT2D eigenvalue weighted by atomic mass is 19.1. The van der Waals surface area contributed by atoms with Crippen molar-refractivity contribution in [2.45, 2.75) is 6.61 Å². The van der Waals surface area contributed by atoms with Crippen LogP contribution in [0.3, 0.4) is 0 Å². The lowest BCUT2D eigenvalue weighted by atomic mass is 10.2. The topological polar surface area (TPSA) is 73.1 Å². The van der Waals surface area contributed by atoms with Gasteiger partial charge in [0.1, 0.15) is 35.4 Å². The van der Waals surface area contributed by atoms with Crippen molar-refractivity contribution in [3.63, 3.8) is 0 Å². The summed E-state index contributed by atoms with van der Waals surface area (Å²) >= 11 is 0. The van der Waals surface area contributed by atoms with Gasteiger partial charge >= 0.3 is 0 Å². The molecule has 0 spiro atoms. The molecule has 0 atom stereocenters. The lowest BCUT2D eigenvalue weighted by Gasteiger charge is -2.08. The number of hydrogen-bond acceptors (Lipinski definition) is 5. The van der Waals surface area contributed by atoms with Crippen LogP contribution in [0.15, 0.2) is 101 Å². The van der Waals surface area contributed by atoms with Gasteiger partial charge in [-0.25, -0.2) is 9.82 Å². The molecule has 0 saturated heterocycles. The van der Waals surface area contributed by atoms with Crippen LogP contribution in [0, 0.1) is 5.82 Å². The van der Waals surface area contributed by atoms with E-state index in [-0.39, 0.29) is 12.4 Å². The van der Waals surface area contributed by atoms with E-state index in [1.54, 1.807) is 48.5 Å². The average molecular weight is 444 g/mol. The highest BCUT2D eigenvalue weighted by molar-refractivity contribution is 5.81. The molecule has 1 heterocycles. The van der Waals surface area contributed by atoms with Gasteiger partial charge in [-0.1, -0.05) is 30.3 Å². The Morgan fingerprint density at radius 2 is 1.58 bits per heavy atom. The second-order valence-corrected chi connectivity index (χ2v) is 7.04. The van der Waals surface area contributed by atoms with Gasteiger partial charge in [0.15, 0.2) is 6.61 Å². The Bertz CT molecular complexity index is 1200. The van der Waals surface area contributed by atoms with Crippen LogP contribution in [0.1, 0.15) is 11.3 Å². The fraction of sp³-hybridized carbons (Fsp3) is 0.0769. The Labute approximate surface area is 190 Å². The number of nitrogens with zero attached hydrogens (tertiary/aromatic N) is 1. The summed E-state index contributed by atoms with van der Waals surface area (Å²) in [6.45, 7) is 0.281. The van der Waals surface area contributed by atoms with Crippen molar-refractivity contribution >= 4 is 12.1 Å². The number of hydrogen-bond donors (Lipinski definition) is 1. The number of ether oxygens (including phenoxy) is 2. The van der Waals surface area contributed by atoms with Crippen LogP contribution >= 0.6 is 0 Å². The van der Waals surface area contributed by atoms with Crippen molar-refractivity contribution in [2.24, 2.45) is 5.10 Å². The molecule has 0 aliphatic carbocycles. The summed E-state index contributed by atoms with van der Waals surface area (Å²) in [6, 6.07) is 26.3. The zero-order chi connectivity index (χ0) is 22.9. The molecule has 0 saturated carbocycles. The largest absolute Gasteiger partial charge is 0.489 e. The molecule has 0 bridgehead atoms. The van der Waals surface area contributed by atoms with Crippen LogP contribution in [0.25, 0.3) is 11.3 Å². The third-order valence-corrected chi connectivity index (χ3v) is 4.58. The molecule has 1 amide bonds. The van der Waals surface area contributed by atoms with Crippen LogP contribution in [0.5, 0.6) is 11.5 Å². The molecule has 4 rings (SSSR count). The summed E-state index contributed by atoms with van der Waals surface area (Å²) in [5.41, 5.74) is 4.20. The van der Waals surface area contributed by atoms with E-state index < -0.39 is 5.91 Å². The standard InChI is InChI=1S/C26H21FN2O4/c27-21-8-6-20(7-9-21)25-15-14-24(33-25)16-28-29-26(30)18-32-23-12-10-22(11-13-23)31-17-19-4-2-1-3-5-19/h1-16H,17-18H2,(H,29,30)/b28-16-. The highest BCUT2D eigenvalue weighted by Crippen LogP contribution is 2.22. The van der Waals surface area contributed by atoms with Crippen molar-refractivity contribution in [1.82, 2.24) is 5.43 Å². The molecular formula is C26H21FN2O4. The monoisotopic (exact) mass is 444 g/mol. The maximum absolute atomic E-state index is 13.0. The molecule has 0 unspecified atom stereocenters. The van der Waals surface area contributed by atoms with Crippen molar-refractivity contribution in [3.05, 3.63) is 108 Å². The van der Waals surface area contributed by atoms with E-state index >= 15 is 0 Å². The van der Waals surface area contributed by atoms with Crippen molar-refractivity contribution in [2.75, 3.05) is 6.61 Å². The number of rotatable bonds is 9. The first-order valence-corrected chi connectivity index (χ1v) is 10.2. The molecule has 33 heavy (non-hydrogen) atoms. The smallest absolute Gasteiger partial charge is 0.277 e. The fourth-order valence-electron chi connectivity index (χ4n) is 2.91. The van der Waals surface area contributed by atoms with E-state index in [1.165, 1.54) is 18.3 Å². The Morgan fingerprint density at radius 1 is 0.879 bits per heavy atom. The van der Waals surface area contributed by atoms with Gasteiger partial charge in [-0.05, 0) is 66.2 Å². The van der Waals surface area contributed by atoms with E-state index in [2.05, 4.69) is 10.5 Å². The lowest BCUT2D eigenvalue weighted by molar-refractivity contribution is -0.123. The lowest BCUT2D eigenvalue weighted by Crippen LogP contribution is -2.24. The summed E-state index contributed by atoms with van der Waals surface area (Å²) in [7, 11) is 0. The van der Waals surface area contributed by atoms with Gasteiger partial charge in [0.05, 0.1) is 6.21 Å². The number of hydrazone groups is 1. The van der Waals surface area contributed by atoms with Crippen molar-refractivity contribution < 1.29 is 23.1 Å². The second kappa shape index (κ2) is 10.8. The first-order valence-electron chi connectivity index (χ1n) is 10.2. The average Bonchev–Trinajstić information content (AvgIpc) is 3.32. The van der Waals surface area contributed by atoms with Gasteiger partial charge in [-0.2, -0.15) is 5.10 Å². The number of benzene rings is 3. The van der Waals surface area contributed by atoms with E-state index in [4.69, 9.17) is 13.9 Å². The zero-order valence-corrected chi connectivity index (χ0v) is 17.6. The van der Waals surface area contributed by atoms with E-state index in [0.29, 0.717) is 29.6 Å². The Hall–Kier alpha value is -4.39. The summed E-state index contributed by atoms with van der Waals surface area (Å²) in [5.74, 6) is 1.53. The fourth-order valence-corrected chi connectivity index (χ4v) is 2.91. The molecule has 6 nitrogen and oxygen atoms in total. The van der Waals surface area contributed by atoms with E-state index in [1.807, 2.05) is 30.3 Å². The molecule has 1 aromatic heterocycles. The van der Waals surface area contributed by atoms with Crippen LogP contribution < -0.4 is 14.9 Å². The number of carbonyl (C=O) groups is 1.